The number of fused-ring (bicyclic) bond motifs is 4. The summed E-state index contributed by atoms with van der Waals surface area (Å²) in [5.41, 5.74) is 4.57. The minimum absolute atomic E-state index is 0.282. The molecular weight excluding hydrogens is 260 g/mol. The van der Waals surface area contributed by atoms with Gasteiger partial charge in [-0.05, 0) is 47.6 Å². The van der Waals surface area contributed by atoms with Gasteiger partial charge in [-0.1, -0.05) is 42.8 Å². The van der Waals surface area contributed by atoms with Crippen molar-refractivity contribution in [3.8, 4) is 0 Å². The first-order valence-electron chi connectivity index (χ1n) is 7.41. The van der Waals surface area contributed by atoms with E-state index in [9.17, 15) is 9.59 Å². The number of hydrogen-bond donors (Lipinski definition) is 0. The Morgan fingerprint density at radius 3 is 2.48 bits per heavy atom. The summed E-state index contributed by atoms with van der Waals surface area (Å²) in [6, 6.07) is 10.1. The van der Waals surface area contributed by atoms with Gasteiger partial charge in [0.1, 0.15) is 0 Å². The number of carbonyl (C=O) groups excluding carboxylic acids is 2. The van der Waals surface area contributed by atoms with E-state index in [1.165, 1.54) is 0 Å². The van der Waals surface area contributed by atoms with Gasteiger partial charge >= 0.3 is 0 Å². The highest BCUT2D eigenvalue weighted by molar-refractivity contribution is 6.54. The molecule has 2 aromatic carbocycles. The quantitative estimate of drug-likeness (QED) is 0.679. The van der Waals surface area contributed by atoms with Crippen LogP contribution in [0.25, 0.3) is 16.3 Å². The molecule has 21 heavy (non-hydrogen) atoms. The van der Waals surface area contributed by atoms with E-state index in [1.807, 2.05) is 31.2 Å². The molecule has 0 bridgehead atoms. The zero-order valence-corrected chi connectivity index (χ0v) is 12.2. The van der Waals surface area contributed by atoms with Crippen LogP contribution in [0.1, 0.15) is 41.3 Å². The Kier molecular flexibility index (Phi) is 2.47. The molecule has 0 spiro atoms. The topological polar surface area (TPSA) is 34.1 Å². The van der Waals surface area contributed by atoms with Crippen molar-refractivity contribution in [1.82, 2.24) is 0 Å². The van der Waals surface area contributed by atoms with E-state index < -0.39 is 0 Å². The first-order chi connectivity index (χ1) is 10.1. The van der Waals surface area contributed by atoms with E-state index in [-0.39, 0.29) is 11.6 Å². The third kappa shape index (κ3) is 1.65. The van der Waals surface area contributed by atoms with Gasteiger partial charge in [0.05, 0.1) is 0 Å². The first kappa shape index (κ1) is 12.5. The minimum atomic E-state index is -0.325. The Labute approximate surface area is 123 Å². The van der Waals surface area contributed by atoms with Gasteiger partial charge in [0.2, 0.25) is 11.6 Å². The summed E-state index contributed by atoms with van der Waals surface area (Å²) in [5, 5.41) is 1.94. The summed E-state index contributed by atoms with van der Waals surface area (Å²) in [4.78, 5) is 25.0. The van der Waals surface area contributed by atoms with Crippen LogP contribution in [0.5, 0.6) is 0 Å². The lowest BCUT2D eigenvalue weighted by Gasteiger charge is -2.19. The second-order valence-electron chi connectivity index (χ2n) is 6.34. The fourth-order valence-corrected chi connectivity index (χ4v) is 3.70. The summed E-state index contributed by atoms with van der Waals surface area (Å²) < 4.78 is 0. The SMILES string of the molecule is Cc1ccc2ccc3c(c2c1)C(=O)C(=O)C1=C3CC(C)C1. The third-order valence-electron chi connectivity index (χ3n) is 4.68. The Morgan fingerprint density at radius 2 is 1.67 bits per heavy atom. The van der Waals surface area contributed by atoms with Crippen LogP contribution in [0.4, 0.5) is 0 Å². The number of rotatable bonds is 0. The molecule has 0 saturated heterocycles. The van der Waals surface area contributed by atoms with Crippen molar-refractivity contribution < 1.29 is 9.59 Å². The van der Waals surface area contributed by atoms with E-state index in [2.05, 4.69) is 13.0 Å². The molecule has 2 aliphatic rings. The monoisotopic (exact) mass is 276 g/mol. The Balaban J connectivity index is 2.09. The third-order valence-corrected chi connectivity index (χ3v) is 4.68. The lowest BCUT2D eigenvalue weighted by Crippen LogP contribution is -2.22. The molecule has 0 aromatic heterocycles. The van der Waals surface area contributed by atoms with Gasteiger partial charge < -0.3 is 0 Å². The van der Waals surface area contributed by atoms with Crippen LogP contribution in [0.15, 0.2) is 35.9 Å². The van der Waals surface area contributed by atoms with E-state index >= 15 is 0 Å². The van der Waals surface area contributed by atoms with Gasteiger partial charge in [0.15, 0.2) is 0 Å². The van der Waals surface area contributed by atoms with E-state index in [1.54, 1.807) is 0 Å². The molecule has 4 rings (SSSR count). The zero-order chi connectivity index (χ0) is 14.7. The highest BCUT2D eigenvalue weighted by atomic mass is 16.2. The highest BCUT2D eigenvalue weighted by Gasteiger charge is 2.37. The summed E-state index contributed by atoms with van der Waals surface area (Å²) in [6.45, 7) is 4.15. The number of allylic oxidation sites excluding steroid dienone is 2. The maximum absolute atomic E-state index is 12.6. The number of Topliss-reactive ketones (excluding diaryl/α,β-unsaturated/α-hetero) is 2. The van der Waals surface area contributed by atoms with Crippen LogP contribution < -0.4 is 0 Å². The average molecular weight is 276 g/mol. The molecule has 2 nitrogen and oxygen atoms in total. The molecular formula is C19H16O2. The predicted octanol–water partition coefficient (Wildman–Crippen LogP) is 4.10. The fourth-order valence-electron chi connectivity index (χ4n) is 3.70. The molecule has 1 atom stereocenters. The Bertz CT molecular complexity index is 855. The second kappa shape index (κ2) is 4.14. The molecule has 2 aromatic rings. The van der Waals surface area contributed by atoms with Crippen molar-refractivity contribution in [3.63, 3.8) is 0 Å². The maximum atomic E-state index is 12.6. The normalized spacial score (nSPS) is 21.0. The van der Waals surface area contributed by atoms with Gasteiger partial charge in [-0.2, -0.15) is 0 Å². The van der Waals surface area contributed by atoms with E-state index in [4.69, 9.17) is 0 Å². The van der Waals surface area contributed by atoms with Gasteiger partial charge in [-0.25, -0.2) is 0 Å². The van der Waals surface area contributed by atoms with E-state index in [0.29, 0.717) is 11.5 Å². The van der Waals surface area contributed by atoms with Crippen LogP contribution in [0, 0.1) is 12.8 Å². The average Bonchev–Trinajstić information content (AvgIpc) is 2.85. The molecule has 104 valence electrons. The van der Waals surface area contributed by atoms with Crippen molar-refractivity contribution in [2.24, 2.45) is 5.92 Å². The van der Waals surface area contributed by atoms with Crippen molar-refractivity contribution in [2.75, 3.05) is 0 Å². The summed E-state index contributed by atoms with van der Waals surface area (Å²) in [5.74, 6) is -0.157. The van der Waals surface area contributed by atoms with Gasteiger partial charge in [0.25, 0.3) is 0 Å². The lowest BCUT2D eigenvalue weighted by atomic mass is 9.82. The Morgan fingerprint density at radius 1 is 0.952 bits per heavy atom. The molecule has 0 heterocycles. The molecule has 2 aliphatic carbocycles. The largest absolute Gasteiger partial charge is 0.285 e. The predicted molar refractivity (Wildman–Crippen MR) is 83.3 cm³/mol. The summed E-state index contributed by atoms with van der Waals surface area (Å²) in [6.07, 6.45) is 1.64. The number of carbonyl (C=O) groups is 2. The van der Waals surface area contributed by atoms with E-state index in [0.717, 1.165) is 45.9 Å². The van der Waals surface area contributed by atoms with Crippen molar-refractivity contribution in [3.05, 3.63) is 52.6 Å². The number of hydrogen-bond acceptors (Lipinski definition) is 2. The van der Waals surface area contributed by atoms with Crippen molar-refractivity contribution >= 4 is 27.9 Å². The second-order valence-corrected chi connectivity index (χ2v) is 6.34. The molecule has 0 fully saturated rings. The molecule has 0 amide bonds. The first-order valence-corrected chi connectivity index (χ1v) is 7.41. The maximum Gasteiger partial charge on any atom is 0.234 e. The standard InChI is InChI=1S/C19H16O2/c1-10-3-4-12-5-6-13-15-8-11(2)9-16(15)18(20)19(21)17(13)14(12)7-10/h3-7,11H,8-9H2,1-2H3. The number of benzene rings is 2. The van der Waals surface area contributed by atoms with Crippen LogP contribution in [-0.2, 0) is 4.79 Å². The van der Waals surface area contributed by atoms with Gasteiger partial charge in [0, 0.05) is 11.1 Å². The smallest absolute Gasteiger partial charge is 0.234 e. The van der Waals surface area contributed by atoms with Gasteiger partial charge in [-0.15, -0.1) is 0 Å². The van der Waals surface area contributed by atoms with Crippen LogP contribution in [0.2, 0.25) is 0 Å². The fraction of sp³-hybridized carbons (Fsp3) is 0.263. The van der Waals surface area contributed by atoms with Crippen molar-refractivity contribution in [1.29, 1.82) is 0 Å². The highest BCUT2D eigenvalue weighted by Crippen LogP contribution is 2.44. The molecule has 0 aliphatic heterocycles. The van der Waals surface area contributed by atoms with Crippen LogP contribution >= 0.6 is 0 Å². The Hall–Kier alpha value is -2.22. The molecule has 1 unspecified atom stereocenters. The van der Waals surface area contributed by atoms with Crippen LogP contribution in [-0.4, -0.2) is 11.6 Å². The molecule has 0 N–H and O–H groups in total. The molecule has 2 heteroatoms. The van der Waals surface area contributed by atoms with Crippen LogP contribution in [0.3, 0.4) is 0 Å². The van der Waals surface area contributed by atoms with Gasteiger partial charge in [-0.3, -0.25) is 9.59 Å². The molecule has 0 saturated carbocycles. The number of ketones is 2. The summed E-state index contributed by atoms with van der Waals surface area (Å²) >= 11 is 0. The lowest BCUT2D eigenvalue weighted by molar-refractivity contribution is -0.112. The zero-order valence-electron chi connectivity index (χ0n) is 12.2. The molecule has 0 radical (unpaired) electrons. The van der Waals surface area contributed by atoms with Crippen molar-refractivity contribution in [2.45, 2.75) is 26.7 Å². The summed E-state index contributed by atoms with van der Waals surface area (Å²) in [7, 11) is 0. The minimum Gasteiger partial charge on any atom is -0.285 e. The number of aryl methyl sites for hydroxylation is 1.